The van der Waals surface area contributed by atoms with Gasteiger partial charge in [-0.3, -0.25) is 9.59 Å². The van der Waals surface area contributed by atoms with Gasteiger partial charge in [0.25, 0.3) is 0 Å². The fourth-order valence-electron chi connectivity index (χ4n) is 3.19. The van der Waals surface area contributed by atoms with Crippen molar-refractivity contribution in [3.63, 3.8) is 0 Å². The lowest BCUT2D eigenvalue weighted by Crippen LogP contribution is -2.39. The number of aryl methyl sites for hydroxylation is 1. The molecule has 0 bridgehead atoms. The van der Waals surface area contributed by atoms with Crippen LogP contribution < -0.4 is 5.43 Å². The number of hydrogen-bond acceptors (Lipinski definition) is 3. The molecule has 1 aromatic carbocycles. The van der Waals surface area contributed by atoms with Gasteiger partial charge < -0.3 is 9.47 Å². The maximum absolute atomic E-state index is 14.1. The summed E-state index contributed by atoms with van der Waals surface area (Å²) in [6.45, 7) is 4.93. The van der Waals surface area contributed by atoms with Crippen LogP contribution in [0.4, 0.5) is 4.39 Å². The van der Waals surface area contributed by atoms with E-state index < -0.39 is 11.8 Å². The van der Waals surface area contributed by atoms with Gasteiger partial charge in [0.15, 0.2) is 0 Å². The highest BCUT2D eigenvalue weighted by Gasteiger charge is 2.24. The number of hydrogen-bond donors (Lipinski definition) is 1. The Morgan fingerprint density at radius 1 is 1.19 bits per heavy atom. The number of carbonyl (C=O) groups excluding carboxylic acids is 2. The van der Waals surface area contributed by atoms with Crippen molar-refractivity contribution in [3.8, 4) is 5.69 Å². The summed E-state index contributed by atoms with van der Waals surface area (Å²) in [6, 6.07) is 8.37. The number of nitrogens with one attached hydrogen (secondary N) is 1. The Hall–Kier alpha value is -2.96. The molecule has 1 aliphatic rings. The third-order valence-electron chi connectivity index (χ3n) is 4.52. The molecule has 1 fully saturated rings. The summed E-state index contributed by atoms with van der Waals surface area (Å²) >= 11 is 0. The predicted molar refractivity (Wildman–Crippen MR) is 96.8 cm³/mol. The monoisotopic (exact) mass is 356 g/mol. The number of para-hydroxylation sites is 1. The standard InChI is InChI=1S/C19H21FN4O2/c1-13-11-15(14(2)24(13)17-8-4-3-7-16(17)20)12-21-22-18(25)19(26)23-9-5-6-10-23/h3-4,7-8,11-12H,5-6,9-10H2,1-2H3,(H,22,25)/b21-12-. The number of hydrazone groups is 1. The second-order valence-corrected chi connectivity index (χ2v) is 6.31. The molecule has 0 spiro atoms. The van der Waals surface area contributed by atoms with Crippen LogP contribution in [-0.4, -0.2) is 40.6 Å². The highest BCUT2D eigenvalue weighted by atomic mass is 19.1. The molecule has 1 aliphatic heterocycles. The van der Waals surface area contributed by atoms with Crippen molar-refractivity contribution in [3.05, 3.63) is 53.1 Å². The van der Waals surface area contributed by atoms with Gasteiger partial charge in [0, 0.05) is 30.0 Å². The minimum atomic E-state index is -0.744. The van der Waals surface area contributed by atoms with E-state index in [4.69, 9.17) is 0 Å². The number of halogens is 1. The van der Waals surface area contributed by atoms with Crippen LogP contribution >= 0.6 is 0 Å². The molecule has 26 heavy (non-hydrogen) atoms. The number of carbonyl (C=O) groups is 2. The molecule has 136 valence electrons. The highest BCUT2D eigenvalue weighted by Crippen LogP contribution is 2.21. The van der Waals surface area contributed by atoms with Crippen molar-refractivity contribution in [2.24, 2.45) is 5.10 Å². The van der Waals surface area contributed by atoms with Crippen LogP contribution in [0.1, 0.15) is 29.8 Å². The molecule has 3 rings (SSSR count). The van der Waals surface area contributed by atoms with Crippen LogP contribution in [0.15, 0.2) is 35.4 Å². The number of likely N-dealkylation sites (tertiary alicyclic amines) is 1. The van der Waals surface area contributed by atoms with Gasteiger partial charge in [-0.15, -0.1) is 0 Å². The average molecular weight is 356 g/mol. The van der Waals surface area contributed by atoms with E-state index in [9.17, 15) is 14.0 Å². The van der Waals surface area contributed by atoms with E-state index in [0.29, 0.717) is 18.8 Å². The van der Waals surface area contributed by atoms with E-state index in [1.165, 1.54) is 17.2 Å². The normalized spacial score (nSPS) is 14.2. The van der Waals surface area contributed by atoms with Crippen LogP contribution in [0.2, 0.25) is 0 Å². The van der Waals surface area contributed by atoms with Gasteiger partial charge in [-0.05, 0) is 44.9 Å². The van der Waals surface area contributed by atoms with Crippen LogP contribution in [0.5, 0.6) is 0 Å². The van der Waals surface area contributed by atoms with Crippen molar-refractivity contribution in [2.45, 2.75) is 26.7 Å². The molecule has 1 N–H and O–H groups in total. The molecule has 7 heteroatoms. The number of rotatable bonds is 3. The Kier molecular flexibility index (Phi) is 5.16. The summed E-state index contributed by atoms with van der Waals surface area (Å²) in [5, 5.41) is 3.89. The first kappa shape index (κ1) is 17.8. The Balaban J connectivity index is 1.73. The van der Waals surface area contributed by atoms with Crippen LogP contribution in [0.25, 0.3) is 5.69 Å². The van der Waals surface area contributed by atoms with E-state index in [0.717, 1.165) is 29.8 Å². The number of aromatic nitrogens is 1. The third kappa shape index (κ3) is 3.51. The molecule has 1 saturated heterocycles. The summed E-state index contributed by atoms with van der Waals surface area (Å²) in [6.07, 6.45) is 3.31. The fraction of sp³-hybridized carbons (Fsp3) is 0.316. The second-order valence-electron chi connectivity index (χ2n) is 6.31. The van der Waals surface area contributed by atoms with Crippen LogP contribution in [-0.2, 0) is 9.59 Å². The smallest absolute Gasteiger partial charge is 0.329 e. The fourth-order valence-corrected chi connectivity index (χ4v) is 3.19. The molecule has 0 radical (unpaired) electrons. The number of amides is 2. The van der Waals surface area contributed by atoms with E-state index in [2.05, 4.69) is 10.5 Å². The first-order valence-electron chi connectivity index (χ1n) is 8.55. The van der Waals surface area contributed by atoms with Crippen molar-refractivity contribution in [1.82, 2.24) is 14.9 Å². The van der Waals surface area contributed by atoms with Crippen molar-refractivity contribution < 1.29 is 14.0 Å². The van der Waals surface area contributed by atoms with Gasteiger partial charge in [-0.1, -0.05) is 12.1 Å². The lowest BCUT2D eigenvalue weighted by Gasteiger charge is -2.12. The van der Waals surface area contributed by atoms with E-state index in [1.54, 1.807) is 22.8 Å². The quantitative estimate of drug-likeness (QED) is 0.521. The van der Waals surface area contributed by atoms with Gasteiger partial charge in [0.05, 0.1) is 11.9 Å². The average Bonchev–Trinajstić information content (AvgIpc) is 3.24. The zero-order valence-corrected chi connectivity index (χ0v) is 14.8. The van der Waals surface area contributed by atoms with E-state index in [-0.39, 0.29) is 5.82 Å². The predicted octanol–water partition coefficient (Wildman–Crippen LogP) is 2.31. The minimum absolute atomic E-state index is 0.317. The zero-order valence-electron chi connectivity index (χ0n) is 14.8. The maximum Gasteiger partial charge on any atom is 0.329 e. The zero-order chi connectivity index (χ0) is 18.7. The summed E-state index contributed by atoms with van der Waals surface area (Å²) in [5.74, 6) is -1.62. The van der Waals surface area contributed by atoms with Gasteiger partial charge >= 0.3 is 11.8 Å². The van der Waals surface area contributed by atoms with E-state index in [1.807, 2.05) is 19.9 Å². The van der Waals surface area contributed by atoms with Gasteiger partial charge in [-0.2, -0.15) is 5.10 Å². The van der Waals surface area contributed by atoms with Gasteiger partial charge in [0.1, 0.15) is 5.82 Å². The molecular weight excluding hydrogens is 335 g/mol. The highest BCUT2D eigenvalue weighted by molar-refractivity contribution is 6.35. The Bertz CT molecular complexity index is 866. The first-order chi connectivity index (χ1) is 12.5. The molecule has 2 heterocycles. The van der Waals surface area contributed by atoms with Gasteiger partial charge in [-0.25, -0.2) is 9.82 Å². The van der Waals surface area contributed by atoms with E-state index >= 15 is 0 Å². The molecule has 6 nitrogen and oxygen atoms in total. The molecule has 2 amide bonds. The molecule has 0 atom stereocenters. The largest absolute Gasteiger partial charge is 0.334 e. The molecule has 1 aromatic heterocycles. The molecule has 0 aliphatic carbocycles. The summed E-state index contributed by atoms with van der Waals surface area (Å²) in [7, 11) is 0. The second kappa shape index (κ2) is 7.51. The van der Waals surface area contributed by atoms with Gasteiger partial charge in [0.2, 0.25) is 0 Å². The molecule has 0 unspecified atom stereocenters. The third-order valence-corrected chi connectivity index (χ3v) is 4.52. The Morgan fingerprint density at radius 3 is 2.58 bits per heavy atom. The SMILES string of the molecule is Cc1cc(/C=N\NC(=O)C(=O)N2CCCC2)c(C)n1-c1ccccc1F. The lowest BCUT2D eigenvalue weighted by atomic mass is 10.2. The Labute approximate surface area is 151 Å². The summed E-state index contributed by atoms with van der Waals surface area (Å²) < 4.78 is 15.9. The lowest BCUT2D eigenvalue weighted by molar-refractivity contribution is -0.145. The minimum Gasteiger partial charge on any atom is -0.334 e. The van der Waals surface area contributed by atoms with Crippen LogP contribution in [0, 0.1) is 19.7 Å². The van der Waals surface area contributed by atoms with Crippen LogP contribution in [0.3, 0.4) is 0 Å². The molecule has 2 aromatic rings. The topological polar surface area (TPSA) is 66.7 Å². The Morgan fingerprint density at radius 2 is 1.88 bits per heavy atom. The summed E-state index contributed by atoms with van der Waals surface area (Å²) in [4.78, 5) is 25.3. The van der Waals surface area contributed by atoms with Crippen molar-refractivity contribution in [1.29, 1.82) is 0 Å². The molecule has 0 saturated carbocycles. The van der Waals surface area contributed by atoms with Crippen molar-refractivity contribution in [2.75, 3.05) is 13.1 Å². The molecular formula is C19H21FN4O2. The maximum atomic E-state index is 14.1. The number of benzene rings is 1. The first-order valence-corrected chi connectivity index (χ1v) is 8.55. The summed E-state index contributed by atoms with van der Waals surface area (Å²) in [5.41, 5.74) is 5.09. The number of nitrogens with zero attached hydrogens (tertiary/aromatic N) is 3. The van der Waals surface area contributed by atoms with Crippen molar-refractivity contribution >= 4 is 18.0 Å².